The third-order valence-corrected chi connectivity index (χ3v) is 4.50. The summed E-state index contributed by atoms with van der Waals surface area (Å²) < 4.78 is 0. The van der Waals surface area contributed by atoms with Gasteiger partial charge in [-0.05, 0) is 0 Å². The normalized spacial score (nSPS) is 21.6. The van der Waals surface area contributed by atoms with Crippen LogP contribution in [-0.4, -0.2) is 8.41 Å². The van der Waals surface area contributed by atoms with Gasteiger partial charge in [0.25, 0.3) is 0 Å². The van der Waals surface area contributed by atoms with E-state index < -0.39 is 0 Å². The summed E-state index contributed by atoms with van der Waals surface area (Å²) in [5.41, 5.74) is 0. The minimum Gasteiger partial charge on any atom is -0.0776 e. The third kappa shape index (κ3) is 16.1. The Morgan fingerprint density at radius 2 is 0.300 bits per heavy atom. The van der Waals surface area contributed by atoms with Crippen LogP contribution >= 0.6 is 0 Å². The van der Waals surface area contributed by atoms with Crippen molar-refractivity contribution in [3.63, 3.8) is 0 Å². The van der Waals surface area contributed by atoms with Crippen molar-refractivity contribution in [2.24, 2.45) is 0 Å². The van der Waals surface area contributed by atoms with Gasteiger partial charge in [0, 0.05) is 9.84 Å². The molecule has 0 N–H and O–H groups in total. The van der Waals surface area contributed by atoms with Gasteiger partial charge in [0.1, 0.15) is 0 Å². The highest BCUT2D eigenvalue weighted by Crippen LogP contribution is 2.16. The van der Waals surface area contributed by atoms with E-state index in [1.54, 1.807) is 0 Å². The molecule has 3 saturated carbocycles. The lowest BCUT2D eigenvalue weighted by molar-refractivity contribution is 0.504. The molecule has 0 spiro atoms. The Kier molecular flexibility index (Phi) is 21.3. The summed E-state index contributed by atoms with van der Waals surface area (Å²) in [4.78, 5) is 0. The smallest absolute Gasteiger partial charge is 0 e. The van der Waals surface area contributed by atoms with E-state index in [1.165, 1.54) is 116 Å². The minimum atomic E-state index is 0. The van der Waals surface area contributed by atoms with Gasteiger partial charge in [-0.25, -0.2) is 0 Å². The predicted molar refractivity (Wildman–Crippen MR) is 97.7 cm³/mol. The number of hydrogen-bond acceptors (Lipinski definition) is 0. The first-order chi connectivity index (χ1) is 9.00. The van der Waals surface area contributed by atoms with Gasteiger partial charge in [0.2, 0.25) is 0 Å². The third-order valence-electron chi connectivity index (χ3n) is 4.50. The van der Waals surface area contributed by atoms with Crippen molar-refractivity contribution < 1.29 is 1.43 Å². The largest absolute Gasteiger partial charge is 0.0776 e. The summed E-state index contributed by atoms with van der Waals surface area (Å²) in [7, 11) is 0. The van der Waals surface area contributed by atoms with Gasteiger partial charge in [-0.3, -0.25) is 0 Å². The van der Waals surface area contributed by atoms with Crippen molar-refractivity contribution in [2.45, 2.75) is 123 Å². The number of rotatable bonds is 0. The lowest BCUT2D eigenvalue weighted by Crippen LogP contribution is -1.85. The standard InChI is InChI=1S/3C6H12.CH4.B.H2/c3*1-2-4-6-5-3-1;;;/h3*1-6H2;1H4;;1H/i;;;;;1+1. The molecule has 0 bridgehead atoms. The van der Waals surface area contributed by atoms with Crippen molar-refractivity contribution in [1.29, 1.82) is 0 Å². The molecule has 0 atom stereocenters. The first-order valence-electron chi connectivity index (χ1n) is 9.00. The summed E-state index contributed by atoms with van der Waals surface area (Å²) in [6.45, 7) is 0. The molecule has 3 fully saturated rings. The first-order valence-corrected chi connectivity index (χ1v) is 9.00. The van der Waals surface area contributed by atoms with Crippen molar-refractivity contribution >= 4 is 8.41 Å². The zero-order chi connectivity index (χ0) is 12.7. The van der Waals surface area contributed by atoms with E-state index in [9.17, 15) is 0 Å². The monoisotopic (exact) mass is 282 g/mol. The molecule has 0 nitrogen and oxygen atoms in total. The average molecular weight is 282 g/mol. The van der Waals surface area contributed by atoms with Crippen molar-refractivity contribution in [3.8, 4) is 0 Å². The van der Waals surface area contributed by atoms with E-state index in [-0.39, 0.29) is 17.3 Å². The van der Waals surface area contributed by atoms with Gasteiger partial charge in [-0.1, -0.05) is 123 Å². The Labute approximate surface area is 133 Å². The Hall–Kier alpha value is 0.0649. The van der Waals surface area contributed by atoms with E-state index in [0.29, 0.717) is 0 Å². The summed E-state index contributed by atoms with van der Waals surface area (Å²) in [5, 5.41) is 0. The topological polar surface area (TPSA) is 0 Å². The van der Waals surface area contributed by atoms with Crippen LogP contribution in [0.2, 0.25) is 0 Å². The lowest BCUT2D eigenvalue weighted by Gasteiger charge is -2.05. The Morgan fingerprint density at radius 3 is 0.350 bits per heavy atom. The van der Waals surface area contributed by atoms with E-state index in [1.807, 2.05) is 0 Å². The van der Waals surface area contributed by atoms with Crippen LogP contribution in [0.3, 0.4) is 0 Å². The molecule has 3 aliphatic rings. The quantitative estimate of drug-likeness (QED) is 0.403. The van der Waals surface area contributed by atoms with E-state index in [4.69, 9.17) is 0 Å². The molecule has 3 aliphatic carbocycles. The molecule has 3 rings (SSSR count). The Balaban J connectivity index is -0.000000216. The molecule has 0 aromatic heterocycles. The minimum absolute atomic E-state index is 0. The Bertz CT molecular complexity index is 86.6. The van der Waals surface area contributed by atoms with Gasteiger partial charge in [0.05, 0.1) is 0 Å². The van der Waals surface area contributed by atoms with Crippen LogP contribution in [0.25, 0.3) is 0 Å². The molecule has 121 valence electrons. The van der Waals surface area contributed by atoms with Crippen molar-refractivity contribution in [1.82, 2.24) is 0 Å². The molecule has 0 aromatic carbocycles. The summed E-state index contributed by atoms with van der Waals surface area (Å²) in [6, 6.07) is 0. The fraction of sp³-hybridized carbons (Fsp3) is 1.00. The number of hydrogen-bond donors (Lipinski definition) is 0. The second-order valence-electron chi connectivity index (χ2n) is 6.36. The maximum atomic E-state index is 1.50. The van der Waals surface area contributed by atoms with Gasteiger partial charge in [0.15, 0.2) is 0 Å². The Morgan fingerprint density at radius 1 is 0.250 bits per heavy atom. The first kappa shape index (κ1) is 22.3. The van der Waals surface area contributed by atoms with Crippen LogP contribution in [0.1, 0.15) is 124 Å². The van der Waals surface area contributed by atoms with Gasteiger partial charge in [-0.15, -0.1) is 0 Å². The maximum absolute atomic E-state index is 1.50. The molecule has 0 heterocycles. The molecule has 0 unspecified atom stereocenters. The molecule has 1 heteroatoms. The second-order valence-corrected chi connectivity index (χ2v) is 6.36. The van der Waals surface area contributed by atoms with Gasteiger partial charge < -0.3 is 0 Å². The fourth-order valence-corrected chi connectivity index (χ4v) is 3.18. The zero-order valence-corrected chi connectivity index (χ0v) is 13.3. The predicted octanol–water partition coefficient (Wildman–Crippen LogP) is 7.52. The van der Waals surface area contributed by atoms with E-state index in [0.717, 1.165) is 0 Å². The highest BCUT2D eigenvalue weighted by atomic mass is 14.0. The van der Waals surface area contributed by atoms with Crippen LogP contribution in [-0.2, 0) is 0 Å². The van der Waals surface area contributed by atoms with Crippen molar-refractivity contribution in [2.75, 3.05) is 0 Å². The molecule has 0 aromatic rings. The highest BCUT2D eigenvalue weighted by molar-refractivity contribution is 5.75. The molecule has 0 aliphatic heterocycles. The summed E-state index contributed by atoms with van der Waals surface area (Å²) in [6.07, 6.45) is 27.0. The second kappa shape index (κ2) is 19.1. The lowest BCUT2D eigenvalue weighted by atomic mass is 10.0. The van der Waals surface area contributed by atoms with E-state index >= 15 is 0 Å². The molecule has 3 radical (unpaired) electrons. The maximum Gasteiger partial charge on any atom is 0 e. The molecular weight excluding hydrogens is 239 g/mol. The van der Waals surface area contributed by atoms with Crippen LogP contribution in [0.5, 0.6) is 0 Å². The molecule has 0 amide bonds. The van der Waals surface area contributed by atoms with Crippen LogP contribution in [0.15, 0.2) is 0 Å². The van der Waals surface area contributed by atoms with Gasteiger partial charge in [-0.2, -0.15) is 0 Å². The average Bonchev–Trinajstić information content (AvgIpc) is 2.54. The molecule has 20 heavy (non-hydrogen) atoms. The highest BCUT2D eigenvalue weighted by Gasteiger charge is 1.96. The van der Waals surface area contributed by atoms with Gasteiger partial charge >= 0.3 is 0 Å². The van der Waals surface area contributed by atoms with Crippen molar-refractivity contribution in [3.05, 3.63) is 0 Å². The zero-order valence-electron chi connectivity index (χ0n) is 13.3. The van der Waals surface area contributed by atoms with Crippen LogP contribution < -0.4 is 0 Å². The molecule has 0 saturated heterocycles. The summed E-state index contributed by atoms with van der Waals surface area (Å²) in [5.74, 6) is 0. The molecular formula is C19H42B. The fourth-order valence-electron chi connectivity index (χ4n) is 3.18. The summed E-state index contributed by atoms with van der Waals surface area (Å²) >= 11 is 0. The van der Waals surface area contributed by atoms with Crippen LogP contribution in [0.4, 0.5) is 0 Å². The van der Waals surface area contributed by atoms with E-state index in [2.05, 4.69) is 0 Å². The van der Waals surface area contributed by atoms with Crippen LogP contribution in [0, 0.1) is 0 Å². The SMILES string of the molecule is C.C1CCCCC1.C1CCCCC1.C1CCCCC1.[2HH].[B].